The SMILES string of the molecule is CCOC(=O)N1[C@H](COC2CCC(C(C)C)CC2)[C@H](NS(=O)(=O)N(C)C)C[C@@H]1C. The summed E-state index contributed by atoms with van der Waals surface area (Å²) in [7, 11) is -0.633. The van der Waals surface area contributed by atoms with E-state index in [0.717, 1.165) is 35.9 Å². The predicted octanol–water partition coefficient (Wildman–Crippen LogP) is 2.60. The number of rotatable bonds is 8. The van der Waals surface area contributed by atoms with Gasteiger partial charge < -0.3 is 9.47 Å². The number of nitrogens with zero attached hydrogens (tertiary/aromatic N) is 2. The van der Waals surface area contributed by atoms with Crippen LogP contribution < -0.4 is 4.72 Å². The molecule has 9 heteroatoms. The van der Waals surface area contributed by atoms with E-state index >= 15 is 0 Å². The van der Waals surface area contributed by atoms with E-state index in [9.17, 15) is 13.2 Å². The van der Waals surface area contributed by atoms with Crippen LogP contribution in [0, 0.1) is 11.8 Å². The Bertz CT molecular complexity index is 632. The second kappa shape index (κ2) is 10.4. The molecule has 1 aliphatic heterocycles. The van der Waals surface area contributed by atoms with Crippen LogP contribution >= 0.6 is 0 Å². The molecule has 1 saturated heterocycles. The van der Waals surface area contributed by atoms with Crippen molar-refractivity contribution in [3.63, 3.8) is 0 Å². The highest BCUT2D eigenvalue weighted by atomic mass is 32.2. The molecule has 0 radical (unpaired) electrons. The van der Waals surface area contributed by atoms with Crippen molar-refractivity contribution in [2.75, 3.05) is 27.3 Å². The summed E-state index contributed by atoms with van der Waals surface area (Å²) in [6, 6.07) is -0.926. The van der Waals surface area contributed by atoms with Gasteiger partial charge in [0.1, 0.15) is 0 Å². The van der Waals surface area contributed by atoms with Crippen LogP contribution in [0.5, 0.6) is 0 Å². The van der Waals surface area contributed by atoms with Crippen molar-refractivity contribution in [2.45, 2.75) is 84.0 Å². The molecule has 170 valence electrons. The molecule has 2 aliphatic rings. The standard InChI is InChI=1S/C20H39N3O5S/c1-7-27-20(24)23-15(4)12-18(21-29(25,26)22(5)6)19(23)13-28-17-10-8-16(9-11-17)14(2)3/h14-19,21H,7-13H2,1-6H3/t15-,16?,17?,18+,19+/m0/s1. The van der Waals surface area contributed by atoms with Crippen molar-refractivity contribution in [3.8, 4) is 0 Å². The first-order chi connectivity index (χ1) is 13.6. The fourth-order valence-electron chi connectivity index (χ4n) is 4.45. The molecule has 1 amide bonds. The molecule has 8 nitrogen and oxygen atoms in total. The van der Waals surface area contributed by atoms with E-state index in [-0.39, 0.29) is 24.8 Å². The maximum atomic E-state index is 12.5. The highest BCUT2D eigenvalue weighted by Gasteiger charge is 2.45. The Morgan fingerprint density at radius 2 is 1.83 bits per heavy atom. The predicted molar refractivity (Wildman–Crippen MR) is 113 cm³/mol. The molecule has 29 heavy (non-hydrogen) atoms. The first-order valence-electron chi connectivity index (χ1n) is 10.8. The zero-order valence-electron chi connectivity index (χ0n) is 18.8. The van der Waals surface area contributed by atoms with E-state index in [1.807, 2.05) is 6.92 Å². The van der Waals surface area contributed by atoms with Crippen LogP contribution in [0.15, 0.2) is 0 Å². The minimum Gasteiger partial charge on any atom is -0.450 e. The zero-order valence-corrected chi connectivity index (χ0v) is 19.6. The quantitative estimate of drug-likeness (QED) is 0.636. The van der Waals surface area contributed by atoms with Crippen LogP contribution in [-0.2, 0) is 19.7 Å². The third-order valence-electron chi connectivity index (χ3n) is 6.32. The van der Waals surface area contributed by atoms with Crippen LogP contribution in [0.1, 0.15) is 59.8 Å². The van der Waals surface area contributed by atoms with Gasteiger partial charge in [0, 0.05) is 26.2 Å². The number of hydrogen-bond donors (Lipinski definition) is 1. The van der Waals surface area contributed by atoms with Crippen LogP contribution in [0.3, 0.4) is 0 Å². The van der Waals surface area contributed by atoms with Crippen molar-refractivity contribution >= 4 is 16.3 Å². The fourth-order valence-corrected chi connectivity index (χ4v) is 5.30. The van der Waals surface area contributed by atoms with Gasteiger partial charge in [0.2, 0.25) is 0 Å². The summed E-state index contributed by atoms with van der Waals surface area (Å²) in [5.74, 6) is 1.44. The number of ether oxygens (including phenoxy) is 2. The van der Waals surface area contributed by atoms with Crippen LogP contribution in [0.25, 0.3) is 0 Å². The van der Waals surface area contributed by atoms with Gasteiger partial charge in [-0.15, -0.1) is 0 Å². The molecule has 0 unspecified atom stereocenters. The summed E-state index contributed by atoms with van der Waals surface area (Å²) < 4.78 is 40.1. The number of hydrogen-bond acceptors (Lipinski definition) is 5. The maximum absolute atomic E-state index is 12.5. The minimum absolute atomic E-state index is 0.130. The molecule has 2 fully saturated rings. The van der Waals surface area contributed by atoms with Gasteiger partial charge in [0.15, 0.2) is 0 Å². The Morgan fingerprint density at radius 3 is 2.34 bits per heavy atom. The molecule has 0 aromatic carbocycles. The molecule has 0 spiro atoms. The molecule has 0 bridgehead atoms. The van der Waals surface area contributed by atoms with Gasteiger partial charge in [-0.25, -0.2) is 4.79 Å². The van der Waals surface area contributed by atoms with Gasteiger partial charge in [-0.05, 0) is 57.8 Å². The van der Waals surface area contributed by atoms with Crippen molar-refractivity contribution in [1.82, 2.24) is 13.9 Å². The summed E-state index contributed by atoms with van der Waals surface area (Å²) in [6.07, 6.45) is 4.61. The van der Waals surface area contributed by atoms with E-state index in [1.54, 1.807) is 11.8 Å². The minimum atomic E-state index is -3.61. The van der Waals surface area contributed by atoms with Crippen molar-refractivity contribution in [3.05, 3.63) is 0 Å². The molecular formula is C20H39N3O5S. The van der Waals surface area contributed by atoms with Gasteiger partial charge in [-0.1, -0.05) is 13.8 Å². The van der Waals surface area contributed by atoms with Gasteiger partial charge in [0.05, 0.1) is 25.4 Å². The van der Waals surface area contributed by atoms with Crippen LogP contribution in [0.2, 0.25) is 0 Å². The lowest BCUT2D eigenvalue weighted by Crippen LogP contribution is -2.52. The summed E-state index contributed by atoms with van der Waals surface area (Å²) in [5, 5.41) is 0. The van der Waals surface area contributed by atoms with E-state index < -0.39 is 22.3 Å². The summed E-state index contributed by atoms with van der Waals surface area (Å²) in [6.45, 7) is 8.81. The van der Waals surface area contributed by atoms with Gasteiger partial charge in [0.25, 0.3) is 10.2 Å². The molecular weight excluding hydrogens is 394 g/mol. The van der Waals surface area contributed by atoms with Gasteiger partial charge in [-0.2, -0.15) is 17.4 Å². The molecule has 1 N–H and O–H groups in total. The number of amides is 1. The maximum Gasteiger partial charge on any atom is 0.410 e. The second-order valence-electron chi connectivity index (χ2n) is 8.88. The third-order valence-corrected chi connectivity index (χ3v) is 7.88. The first kappa shape index (κ1) is 24.4. The largest absolute Gasteiger partial charge is 0.450 e. The van der Waals surface area contributed by atoms with Gasteiger partial charge in [-0.3, -0.25) is 4.90 Å². The van der Waals surface area contributed by atoms with Crippen LogP contribution in [-0.4, -0.2) is 75.3 Å². The molecule has 0 aromatic rings. The zero-order chi connectivity index (χ0) is 21.8. The Balaban J connectivity index is 2.07. The van der Waals surface area contributed by atoms with Crippen molar-refractivity contribution < 1.29 is 22.7 Å². The molecule has 2 rings (SSSR count). The lowest BCUT2D eigenvalue weighted by atomic mass is 9.80. The number of carbonyl (C=O) groups is 1. The molecule has 1 saturated carbocycles. The smallest absolute Gasteiger partial charge is 0.410 e. The van der Waals surface area contributed by atoms with Crippen molar-refractivity contribution in [1.29, 1.82) is 0 Å². The molecule has 3 atom stereocenters. The van der Waals surface area contributed by atoms with Gasteiger partial charge >= 0.3 is 6.09 Å². The monoisotopic (exact) mass is 433 g/mol. The summed E-state index contributed by atoms with van der Waals surface area (Å²) in [4.78, 5) is 14.2. The average molecular weight is 434 g/mol. The Kier molecular flexibility index (Phi) is 8.75. The molecule has 1 aliphatic carbocycles. The Labute approximate surface area is 176 Å². The first-order valence-corrected chi connectivity index (χ1v) is 12.3. The molecule has 1 heterocycles. The van der Waals surface area contributed by atoms with E-state index in [0.29, 0.717) is 18.9 Å². The highest BCUT2D eigenvalue weighted by molar-refractivity contribution is 7.87. The number of likely N-dealkylation sites (tertiary alicyclic amines) is 1. The molecule has 0 aromatic heterocycles. The van der Waals surface area contributed by atoms with E-state index in [1.165, 1.54) is 14.1 Å². The average Bonchev–Trinajstić information content (AvgIpc) is 2.94. The van der Waals surface area contributed by atoms with Crippen LogP contribution in [0.4, 0.5) is 4.79 Å². The summed E-state index contributed by atoms with van der Waals surface area (Å²) >= 11 is 0. The summed E-state index contributed by atoms with van der Waals surface area (Å²) in [5.41, 5.74) is 0. The Morgan fingerprint density at radius 1 is 1.21 bits per heavy atom. The second-order valence-corrected chi connectivity index (χ2v) is 10.8. The fraction of sp³-hybridized carbons (Fsp3) is 0.950. The lowest BCUT2D eigenvalue weighted by molar-refractivity contribution is -0.0172. The normalized spacial score (nSPS) is 30.9. The third kappa shape index (κ3) is 6.29. The lowest BCUT2D eigenvalue weighted by Gasteiger charge is -2.34. The Hall–Kier alpha value is -0.900. The van der Waals surface area contributed by atoms with E-state index in [4.69, 9.17) is 9.47 Å². The highest BCUT2D eigenvalue weighted by Crippen LogP contribution is 2.32. The number of carbonyl (C=O) groups excluding carboxylic acids is 1. The van der Waals surface area contributed by atoms with E-state index in [2.05, 4.69) is 18.6 Å². The topological polar surface area (TPSA) is 88.2 Å². The number of nitrogens with one attached hydrogen (secondary N) is 1. The van der Waals surface area contributed by atoms with Crippen molar-refractivity contribution in [2.24, 2.45) is 11.8 Å².